The van der Waals surface area contributed by atoms with E-state index in [0.29, 0.717) is 17.3 Å². The van der Waals surface area contributed by atoms with E-state index in [1.165, 1.54) is 5.56 Å². The highest BCUT2D eigenvalue weighted by Gasteiger charge is 2.10. The van der Waals surface area contributed by atoms with Crippen LogP contribution >= 0.6 is 0 Å². The second kappa shape index (κ2) is 8.31. The monoisotopic (exact) mass is 362 g/mol. The maximum absolute atomic E-state index is 12.2. The molecule has 27 heavy (non-hydrogen) atoms. The summed E-state index contributed by atoms with van der Waals surface area (Å²) in [7, 11) is 1.62. The van der Waals surface area contributed by atoms with Crippen molar-refractivity contribution in [3.05, 3.63) is 71.4 Å². The summed E-state index contributed by atoms with van der Waals surface area (Å²) in [6, 6.07) is 17.2. The van der Waals surface area contributed by atoms with E-state index in [2.05, 4.69) is 46.7 Å². The lowest BCUT2D eigenvalue weighted by Gasteiger charge is -2.04. The highest BCUT2D eigenvalue weighted by molar-refractivity contribution is 5.94. The molecule has 0 fully saturated rings. The summed E-state index contributed by atoms with van der Waals surface area (Å²) in [4.78, 5) is 12.2. The molecule has 3 aromatic rings. The number of nitrogens with zero attached hydrogens (tertiary/aromatic N) is 2. The zero-order chi connectivity index (χ0) is 19.2. The summed E-state index contributed by atoms with van der Waals surface area (Å²) in [6.07, 6.45) is 1.61. The van der Waals surface area contributed by atoms with Crippen molar-refractivity contribution < 1.29 is 9.53 Å². The van der Waals surface area contributed by atoms with Crippen molar-refractivity contribution in [2.24, 2.45) is 5.10 Å². The fourth-order valence-electron chi connectivity index (χ4n) is 2.54. The first kappa shape index (κ1) is 18.4. The standard InChI is InChI=1S/C21H22N4O2/c1-14(2)16-6-4-15(5-7-16)13-22-25-21(26)20-12-19(23-24-20)17-8-10-18(27-3)11-9-17/h4-14H,1-3H3,(H,23,24)(H,25,26)/b22-13+. The first-order valence-electron chi connectivity index (χ1n) is 8.70. The maximum Gasteiger partial charge on any atom is 0.289 e. The number of amides is 1. The third-order valence-corrected chi connectivity index (χ3v) is 4.19. The summed E-state index contributed by atoms with van der Waals surface area (Å²) in [5.74, 6) is 0.899. The average Bonchev–Trinajstić information content (AvgIpc) is 3.19. The molecule has 6 nitrogen and oxygen atoms in total. The number of hydrogen-bond acceptors (Lipinski definition) is 4. The second-order valence-corrected chi connectivity index (χ2v) is 6.42. The van der Waals surface area contributed by atoms with Gasteiger partial charge in [0.25, 0.3) is 5.91 Å². The molecular formula is C21H22N4O2. The van der Waals surface area contributed by atoms with Gasteiger partial charge in [0.1, 0.15) is 11.4 Å². The molecule has 1 amide bonds. The molecule has 138 valence electrons. The van der Waals surface area contributed by atoms with Gasteiger partial charge in [0.2, 0.25) is 0 Å². The van der Waals surface area contributed by atoms with Crippen molar-refractivity contribution in [3.63, 3.8) is 0 Å². The summed E-state index contributed by atoms with van der Waals surface area (Å²) >= 11 is 0. The SMILES string of the molecule is COc1ccc(-c2cc(C(=O)N/N=C/c3ccc(C(C)C)cc3)[nH]n2)cc1. The maximum atomic E-state index is 12.2. The van der Waals surface area contributed by atoms with Crippen LogP contribution in [0.3, 0.4) is 0 Å². The number of carbonyl (C=O) groups is 1. The molecule has 0 aliphatic heterocycles. The number of carbonyl (C=O) groups excluding carboxylic acids is 1. The van der Waals surface area contributed by atoms with Crippen LogP contribution in [-0.4, -0.2) is 29.4 Å². The third-order valence-electron chi connectivity index (χ3n) is 4.19. The van der Waals surface area contributed by atoms with Crippen LogP contribution in [0.1, 0.15) is 41.4 Å². The molecule has 0 unspecified atom stereocenters. The Bertz CT molecular complexity index is 926. The topological polar surface area (TPSA) is 79.4 Å². The molecule has 2 N–H and O–H groups in total. The summed E-state index contributed by atoms with van der Waals surface area (Å²) in [5, 5.41) is 10.9. The second-order valence-electron chi connectivity index (χ2n) is 6.42. The number of nitrogens with one attached hydrogen (secondary N) is 2. The number of methoxy groups -OCH3 is 1. The molecule has 0 atom stereocenters. The fourth-order valence-corrected chi connectivity index (χ4v) is 2.54. The number of hydrazone groups is 1. The Hall–Kier alpha value is -3.41. The third kappa shape index (κ3) is 4.61. The zero-order valence-corrected chi connectivity index (χ0v) is 15.6. The minimum Gasteiger partial charge on any atom is -0.497 e. The number of H-pyrrole nitrogens is 1. The smallest absolute Gasteiger partial charge is 0.289 e. The van der Waals surface area contributed by atoms with Gasteiger partial charge in [0.05, 0.1) is 19.0 Å². The van der Waals surface area contributed by atoms with Gasteiger partial charge in [0, 0.05) is 5.56 Å². The van der Waals surface area contributed by atoms with E-state index in [1.54, 1.807) is 19.4 Å². The van der Waals surface area contributed by atoms with Crippen LogP contribution in [0.5, 0.6) is 5.75 Å². The number of rotatable bonds is 6. The Kier molecular flexibility index (Phi) is 5.66. The van der Waals surface area contributed by atoms with Crippen molar-refractivity contribution in [1.29, 1.82) is 0 Å². The van der Waals surface area contributed by atoms with E-state index in [0.717, 1.165) is 16.9 Å². The van der Waals surface area contributed by atoms with Gasteiger partial charge >= 0.3 is 0 Å². The zero-order valence-electron chi connectivity index (χ0n) is 15.6. The van der Waals surface area contributed by atoms with Crippen LogP contribution in [0.15, 0.2) is 59.7 Å². The van der Waals surface area contributed by atoms with Crippen molar-refractivity contribution in [3.8, 4) is 17.0 Å². The minimum atomic E-state index is -0.350. The lowest BCUT2D eigenvalue weighted by molar-refractivity contribution is 0.0950. The predicted octanol–water partition coefficient (Wildman–Crippen LogP) is 3.97. The van der Waals surface area contributed by atoms with Crippen LogP contribution in [0.2, 0.25) is 0 Å². The van der Waals surface area contributed by atoms with Crippen LogP contribution in [-0.2, 0) is 0 Å². The normalized spacial score (nSPS) is 11.1. The molecule has 0 saturated carbocycles. The number of aromatic amines is 1. The van der Waals surface area contributed by atoms with Gasteiger partial charge in [0.15, 0.2) is 0 Å². The van der Waals surface area contributed by atoms with Gasteiger partial charge in [-0.15, -0.1) is 0 Å². The van der Waals surface area contributed by atoms with Crippen LogP contribution in [0, 0.1) is 0 Å². The van der Waals surface area contributed by atoms with Crippen LogP contribution in [0.4, 0.5) is 0 Å². The van der Waals surface area contributed by atoms with Crippen molar-refractivity contribution in [2.45, 2.75) is 19.8 Å². The lowest BCUT2D eigenvalue weighted by Crippen LogP contribution is -2.18. The molecule has 1 aromatic heterocycles. The number of ether oxygens (including phenoxy) is 1. The van der Waals surface area contributed by atoms with Gasteiger partial charge < -0.3 is 4.74 Å². The molecule has 0 bridgehead atoms. The van der Waals surface area contributed by atoms with Gasteiger partial charge in [-0.05, 0) is 47.4 Å². The Morgan fingerprint density at radius 2 is 1.85 bits per heavy atom. The average molecular weight is 362 g/mol. The highest BCUT2D eigenvalue weighted by Crippen LogP contribution is 2.21. The minimum absolute atomic E-state index is 0.341. The molecule has 3 rings (SSSR count). The van der Waals surface area contributed by atoms with E-state index in [4.69, 9.17) is 4.74 Å². The molecule has 2 aromatic carbocycles. The number of aromatic nitrogens is 2. The largest absolute Gasteiger partial charge is 0.497 e. The molecule has 0 spiro atoms. The van der Waals surface area contributed by atoms with Gasteiger partial charge in [-0.25, -0.2) is 5.43 Å². The quantitative estimate of drug-likeness (QED) is 0.514. The molecule has 0 aliphatic carbocycles. The number of hydrogen-bond donors (Lipinski definition) is 2. The molecule has 6 heteroatoms. The molecule has 0 radical (unpaired) electrons. The Morgan fingerprint density at radius 3 is 2.48 bits per heavy atom. The van der Waals surface area contributed by atoms with Crippen molar-refractivity contribution in [2.75, 3.05) is 7.11 Å². The van der Waals surface area contributed by atoms with Crippen LogP contribution < -0.4 is 10.2 Å². The summed E-state index contributed by atoms with van der Waals surface area (Å²) in [6.45, 7) is 4.29. The first-order valence-corrected chi connectivity index (χ1v) is 8.70. The van der Waals surface area contributed by atoms with E-state index in [1.807, 2.05) is 36.4 Å². The van der Waals surface area contributed by atoms with E-state index in [-0.39, 0.29) is 5.91 Å². The highest BCUT2D eigenvalue weighted by atomic mass is 16.5. The summed E-state index contributed by atoms with van der Waals surface area (Å²) in [5.41, 5.74) is 6.60. The molecule has 0 aliphatic rings. The lowest BCUT2D eigenvalue weighted by atomic mass is 10.0. The van der Waals surface area contributed by atoms with Gasteiger partial charge in [-0.3, -0.25) is 9.89 Å². The van der Waals surface area contributed by atoms with Gasteiger partial charge in [-0.1, -0.05) is 38.1 Å². The fraction of sp³-hybridized carbons (Fsp3) is 0.190. The Labute approximate surface area is 158 Å². The van der Waals surface area contributed by atoms with Crippen molar-refractivity contribution in [1.82, 2.24) is 15.6 Å². The molecule has 1 heterocycles. The molecular weight excluding hydrogens is 340 g/mol. The van der Waals surface area contributed by atoms with Gasteiger partial charge in [-0.2, -0.15) is 10.2 Å². The Balaban J connectivity index is 1.62. The van der Waals surface area contributed by atoms with Crippen LogP contribution in [0.25, 0.3) is 11.3 Å². The van der Waals surface area contributed by atoms with E-state index < -0.39 is 0 Å². The first-order chi connectivity index (χ1) is 13.1. The summed E-state index contributed by atoms with van der Waals surface area (Å²) < 4.78 is 5.14. The molecule has 0 saturated heterocycles. The van der Waals surface area contributed by atoms with E-state index in [9.17, 15) is 4.79 Å². The van der Waals surface area contributed by atoms with E-state index >= 15 is 0 Å². The predicted molar refractivity (Wildman–Crippen MR) is 106 cm³/mol. The van der Waals surface area contributed by atoms with Crippen molar-refractivity contribution >= 4 is 12.1 Å². The number of benzene rings is 2. The Morgan fingerprint density at radius 1 is 1.15 bits per heavy atom.